The van der Waals surface area contributed by atoms with Crippen molar-refractivity contribution in [3.8, 4) is 5.75 Å². The highest BCUT2D eigenvalue weighted by Crippen LogP contribution is 2.14. The van der Waals surface area contributed by atoms with Crippen LogP contribution in [0.25, 0.3) is 0 Å². The van der Waals surface area contributed by atoms with Crippen LogP contribution >= 0.6 is 0 Å². The Hall–Kier alpha value is -3.35. The molecule has 0 fully saturated rings. The highest BCUT2D eigenvalue weighted by molar-refractivity contribution is 5.96. The Morgan fingerprint density at radius 2 is 1.54 bits per heavy atom. The Morgan fingerprint density at radius 1 is 0.885 bits per heavy atom. The van der Waals surface area contributed by atoms with E-state index in [4.69, 9.17) is 9.47 Å². The molecule has 0 aliphatic rings. The maximum Gasteiger partial charge on any atom is 0.338 e. The van der Waals surface area contributed by atoms with Gasteiger partial charge in [-0.2, -0.15) is 0 Å². The summed E-state index contributed by atoms with van der Waals surface area (Å²) in [6, 6.07) is 14.8. The summed E-state index contributed by atoms with van der Waals surface area (Å²) >= 11 is 0. The molecule has 0 radical (unpaired) electrons. The Bertz CT molecular complexity index is 757. The number of carbonyl (C=O) groups is 3. The molecule has 7 heteroatoms. The minimum Gasteiger partial charge on any atom is -0.491 e. The number of nitrogens with one attached hydrogen (secondary N) is 2. The van der Waals surface area contributed by atoms with Gasteiger partial charge in [0, 0.05) is 5.56 Å². The summed E-state index contributed by atoms with van der Waals surface area (Å²) in [6.07, 6.45) is 0.0302. The molecule has 0 saturated carbocycles. The van der Waals surface area contributed by atoms with Gasteiger partial charge in [-0.05, 0) is 50.2 Å². The second-order valence-electron chi connectivity index (χ2n) is 5.64. The predicted molar refractivity (Wildman–Crippen MR) is 94.5 cm³/mol. The number of rotatable bonds is 6. The third kappa shape index (κ3) is 5.94. The lowest BCUT2D eigenvalue weighted by atomic mass is 10.2. The molecule has 0 atom stereocenters. The van der Waals surface area contributed by atoms with Gasteiger partial charge in [-0.25, -0.2) is 4.79 Å². The van der Waals surface area contributed by atoms with Crippen LogP contribution in [0.4, 0.5) is 0 Å². The van der Waals surface area contributed by atoms with Gasteiger partial charge in [0.25, 0.3) is 11.8 Å². The Balaban J connectivity index is 1.76. The molecule has 2 rings (SSSR count). The van der Waals surface area contributed by atoms with E-state index in [2.05, 4.69) is 10.9 Å². The number of amides is 2. The zero-order valence-electron chi connectivity index (χ0n) is 14.5. The summed E-state index contributed by atoms with van der Waals surface area (Å²) in [4.78, 5) is 35.4. The van der Waals surface area contributed by atoms with E-state index in [1.807, 2.05) is 13.8 Å². The highest BCUT2D eigenvalue weighted by atomic mass is 16.5. The van der Waals surface area contributed by atoms with Crippen molar-refractivity contribution in [1.82, 2.24) is 10.9 Å². The monoisotopic (exact) mass is 356 g/mol. The molecule has 0 aliphatic heterocycles. The van der Waals surface area contributed by atoms with Gasteiger partial charge in [0.2, 0.25) is 0 Å². The third-order valence-corrected chi connectivity index (χ3v) is 3.15. The van der Waals surface area contributed by atoms with Crippen LogP contribution in [0.1, 0.15) is 34.6 Å². The van der Waals surface area contributed by atoms with Crippen molar-refractivity contribution in [2.75, 3.05) is 6.61 Å². The first-order valence-corrected chi connectivity index (χ1v) is 8.04. The SMILES string of the molecule is CC(C)Oc1ccc(C(=O)OCC(=O)NNC(=O)c2ccccc2)cc1. The first-order chi connectivity index (χ1) is 12.5. The van der Waals surface area contributed by atoms with E-state index in [-0.39, 0.29) is 6.10 Å². The first-order valence-electron chi connectivity index (χ1n) is 8.04. The fourth-order valence-electron chi connectivity index (χ4n) is 1.98. The van der Waals surface area contributed by atoms with Crippen molar-refractivity contribution in [1.29, 1.82) is 0 Å². The quantitative estimate of drug-likeness (QED) is 0.611. The van der Waals surface area contributed by atoms with Crippen molar-refractivity contribution in [2.45, 2.75) is 20.0 Å². The van der Waals surface area contributed by atoms with E-state index >= 15 is 0 Å². The van der Waals surface area contributed by atoms with E-state index < -0.39 is 24.4 Å². The van der Waals surface area contributed by atoms with Crippen molar-refractivity contribution >= 4 is 17.8 Å². The molecular weight excluding hydrogens is 336 g/mol. The number of ether oxygens (including phenoxy) is 2. The van der Waals surface area contributed by atoms with Crippen LogP contribution in [-0.2, 0) is 9.53 Å². The normalized spacial score (nSPS) is 10.1. The van der Waals surface area contributed by atoms with E-state index in [1.165, 1.54) is 0 Å². The number of hydrogen-bond donors (Lipinski definition) is 2. The summed E-state index contributed by atoms with van der Waals surface area (Å²) in [5.41, 5.74) is 5.11. The summed E-state index contributed by atoms with van der Waals surface area (Å²) in [6.45, 7) is 3.28. The lowest BCUT2D eigenvalue weighted by Gasteiger charge is -2.10. The molecule has 0 spiro atoms. The van der Waals surface area contributed by atoms with Crippen LogP contribution < -0.4 is 15.6 Å². The fourth-order valence-corrected chi connectivity index (χ4v) is 1.98. The average Bonchev–Trinajstić information content (AvgIpc) is 2.65. The molecule has 7 nitrogen and oxygen atoms in total. The van der Waals surface area contributed by atoms with Crippen LogP contribution in [-0.4, -0.2) is 30.5 Å². The maximum atomic E-state index is 11.9. The minimum absolute atomic E-state index is 0.0302. The summed E-state index contributed by atoms with van der Waals surface area (Å²) in [7, 11) is 0. The van der Waals surface area contributed by atoms with Crippen LogP contribution in [0, 0.1) is 0 Å². The van der Waals surface area contributed by atoms with Gasteiger partial charge in [-0.3, -0.25) is 20.4 Å². The van der Waals surface area contributed by atoms with Crippen LogP contribution in [0.2, 0.25) is 0 Å². The third-order valence-electron chi connectivity index (χ3n) is 3.15. The van der Waals surface area contributed by atoms with Crippen molar-refractivity contribution in [2.24, 2.45) is 0 Å². The zero-order valence-corrected chi connectivity index (χ0v) is 14.5. The maximum absolute atomic E-state index is 11.9. The number of benzene rings is 2. The van der Waals surface area contributed by atoms with Gasteiger partial charge in [0.1, 0.15) is 5.75 Å². The number of hydrazine groups is 1. The molecule has 0 heterocycles. The number of hydrogen-bond acceptors (Lipinski definition) is 5. The van der Waals surface area contributed by atoms with Gasteiger partial charge in [-0.15, -0.1) is 0 Å². The van der Waals surface area contributed by atoms with E-state index in [0.29, 0.717) is 16.9 Å². The van der Waals surface area contributed by atoms with Gasteiger partial charge >= 0.3 is 5.97 Å². The molecule has 136 valence electrons. The standard InChI is InChI=1S/C19H20N2O5/c1-13(2)26-16-10-8-15(9-11-16)19(24)25-12-17(22)20-21-18(23)14-6-4-3-5-7-14/h3-11,13H,12H2,1-2H3,(H,20,22)(H,21,23). The molecule has 2 aromatic carbocycles. The average molecular weight is 356 g/mol. The van der Waals surface area contributed by atoms with Crippen LogP contribution in [0.15, 0.2) is 54.6 Å². The summed E-state index contributed by atoms with van der Waals surface area (Å²) in [5, 5.41) is 0. The second-order valence-corrected chi connectivity index (χ2v) is 5.64. The molecular formula is C19H20N2O5. The van der Waals surface area contributed by atoms with Gasteiger partial charge < -0.3 is 9.47 Å². The van der Waals surface area contributed by atoms with Crippen molar-refractivity contribution < 1.29 is 23.9 Å². The van der Waals surface area contributed by atoms with E-state index in [1.54, 1.807) is 54.6 Å². The minimum atomic E-state index is -0.651. The van der Waals surface area contributed by atoms with E-state index in [0.717, 1.165) is 0 Å². The molecule has 2 amide bonds. The molecule has 0 saturated heterocycles. The van der Waals surface area contributed by atoms with Crippen molar-refractivity contribution in [3.63, 3.8) is 0 Å². The summed E-state index contributed by atoms with van der Waals surface area (Å²) < 4.78 is 10.4. The fraction of sp³-hybridized carbons (Fsp3) is 0.211. The van der Waals surface area contributed by atoms with Gasteiger partial charge in [0.05, 0.1) is 11.7 Å². The van der Waals surface area contributed by atoms with Crippen molar-refractivity contribution in [3.05, 3.63) is 65.7 Å². The van der Waals surface area contributed by atoms with Gasteiger partial charge in [-0.1, -0.05) is 18.2 Å². The molecule has 2 N–H and O–H groups in total. The van der Waals surface area contributed by atoms with Crippen LogP contribution in [0.5, 0.6) is 5.75 Å². The molecule has 26 heavy (non-hydrogen) atoms. The zero-order chi connectivity index (χ0) is 18.9. The largest absolute Gasteiger partial charge is 0.491 e. The smallest absolute Gasteiger partial charge is 0.338 e. The Kier molecular flexibility index (Phi) is 6.73. The molecule has 0 bridgehead atoms. The Morgan fingerprint density at radius 3 is 2.15 bits per heavy atom. The molecule has 0 aromatic heterocycles. The predicted octanol–water partition coefficient (Wildman–Crippen LogP) is 2.09. The van der Waals surface area contributed by atoms with Gasteiger partial charge in [0.15, 0.2) is 6.61 Å². The first kappa shape index (κ1) is 19.0. The topological polar surface area (TPSA) is 93.7 Å². The molecule has 0 unspecified atom stereocenters. The highest BCUT2D eigenvalue weighted by Gasteiger charge is 2.12. The molecule has 2 aromatic rings. The lowest BCUT2D eigenvalue weighted by molar-refractivity contribution is -0.125. The second kappa shape index (κ2) is 9.22. The number of carbonyl (C=O) groups excluding carboxylic acids is 3. The lowest BCUT2D eigenvalue weighted by Crippen LogP contribution is -2.43. The van der Waals surface area contributed by atoms with Crippen LogP contribution in [0.3, 0.4) is 0 Å². The van der Waals surface area contributed by atoms with E-state index in [9.17, 15) is 14.4 Å². The Labute approximate surface area is 151 Å². The summed E-state index contributed by atoms with van der Waals surface area (Å²) in [5.74, 6) is -1.13. The number of esters is 1. The molecule has 0 aliphatic carbocycles.